The van der Waals surface area contributed by atoms with Crippen molar-refractivity contribution >= 4 is 5.82 Å². The Labute approximate surface area is 141 Å². The van der Waals surface area contributed by atoms with E-state index in [0.29, 0.717) is 19.0 Å². The lowest BCUT2D eigenvalue weighted by Crippen LogP contribution is -2.48. The predicted molar refractivity (Wildman–Crippen MR) is 91.2 cm³/mol. The fourth-order valence-corrected chi connectivity index (χ4v) is 2.91. The summed E-state index contributed by atoms with van der Waals surface area (Å²) in [7, 11) is 3.62. The average Bonchev–Trinajstić information content (AvgIpc) is 3.09. The maximum absolute atomic E-state index is 12.1. The maximum atomic E-state index is 12.1. The number of likely N-dealkylation sites (N-methyl/N-ethyl adjacent to an activating group) is 1. The Morgan fingerprint density at radius 1 is 1.33 bits per heavy atom. The Morgan fingerprint density at radius 3 is 3.00 bits per heavy atom. The summed E-state index contributed by atoms with van der Waals surface area (Å²) in [6.07, 6.45) is 7.14. The number of ether oxygens (including phenoxy) is 1. The summed E-state index contributed by atoms with van der Waals surface area (Å²) in [6.45, 7) is 4.93. The van der Waals surface area contributed by atoms with E-state index >= 15 is 0 Å². The molecule has 24 heavy (non-hydrogen) atoms. The highest BCUT2D eigenvalue weighted by Crippen LogP contribution is 2.09. The van der Waals surface area contributed by atoms with E-state index in [1.165, 1.54) is 4.57 Å². The monoisotopic (exact) mass is 332 g/mol. The Morgan fingerprint density at radius 2 is 2.21 bits per heavy atom. The van der Waals surface area contributed by atoms with Gasteiger partial charge in [0.1, 0.15) is 0 Å². The van der Waals surface area contributed by atoms with Gasteiger partial charge in [-0.25, -0.2) is 4.98 Å². The second-order valence-corrected chi connectivity index (χ2v) is 6.11. The molecule has 0 unspecified atom stereocenters. The lowest BCUT2D eigenvalue weighted by molar-refractivity contribution is -0.0247. The summed E-state index contributed by atoms with van der Waals surface area (Å²) in [5.74, 6) is 0.456. The zero-order chi connectivity index (χ0) is 16.9. The number of morpholine rings is 1. The lowest BCUT2D eigenvalue weighted by atomic mass is 10.2. The lowest BCUT2D eigenvalue weighted by Gasteiger charge is -2.34. The van der Waals surface area contributed by atoms with Gasteiger partial charge in [-0.2, -0.15) is 5.10 Å². The van der Waals surface area contributed by atoms with E-state index in [0.717, 1.165) is 26.2 Å². The number of anilines is 1. The summed E-state index contributed by atoms with van der Waals surface area (Å²) >= 11 is 0. The van der Waals surface area contributed by atoms with Crippen LogP contribution < -0.4 is 10.5 Å². The molecule has 1 atom stereocenters. The number of aryl methyl sites for hydroxylation is 1. The van der Waals surface area contributed by atoms with Gasteiger partial charge in [-0.05, 0) is 6.07 Å². The third-order valence-corrected chi connectivity index (χ3v) is 4.27. The minimum Gasteiger partial charge on any atom is -0.374 e. The van der Waals surface area contributed by atoms with Crippen LogP contribution in [-0.2, 0) is 18.3 Å². The predicted octanol–water partition coefficient (Wildman–Crippen LogP) is -0.186. The van der Waals surface area contributed by atoms with Crippen LogP contribution in [0.15, 0.2) is 35.6 Å². The van der Waals surface area contributed by atoms with E-state index in [1.807, 2.05) is 28.9 Å². The van der Waals surface area contributed by atoms with Gasteiger partial charge in [0.25, 0.3) is 5.56 Å². The van der Waals surface area contributed by atoms with Gasteiger partial charge in [-0.1, -0.05) is 0 Å². The molecule has 0 N–H and O–H groups in total. The molecule has 8 heteroatoms. The highest BCUT2D eigenvalue weighted by atomic mass is 16.5. The van der Waals surface area contributed by atoms with Crippen molar-refractivity contribution in [1.82, 2.24) is 24.2 Å². The van der Waals surface area contributed by atoms with Crippen LogP contribution in [0.3, 0.4) is 0 Å². The Bertz CT molecular complexity index is 699. The molecule has 3 rings (SSSR count). The van der Waals surface area contributed by atoms with Gasteiger partial charge in [0.2, 0.25) is 0 Å². The van der Waals surface area contributed by atoms with E-state index in [4.69, 9.17) is 4.74 Å². The van der Waals surface area contributed by atoms with Gasteiger partial charge in [-0.3, -0.25) is 14.4 Å². The molecule has 8 nitrogen and oxygen atoms in total. The standard InChI is InChI=1S/C16H24N6O2/c1-19-7-5-17-15(16(19)23)20(2)12-14-13-21(10-11-24-14)8-9-22-6-3-4-18-22/h3-7,14H,8-13H2,1-2H3/t14-/m0/s1. The van der Waals surface area contributed by atoms with Crippen molar-refractivity contribution in [2.75, 3.05) is 44.7 Å². The van der Waals surface area contributed by atoms with Crippen LogP contribution in [0, 0.1) is 0 Å². The molecule has 0 spiro atoms. The third-order valence-electron chi connectivity index (χ3n) is 4.27. The van der Waals surface area contributed by atoms with Gasteiger partial charge in [-0.15, -0.1) is 0 Å². The maximum Gasteiger partial charge on any atom is 0.293 e. The highest BCUT2D eigenvalue weighted by Gasteiger charge is 2.23. The molecular formula is C16H24N6O2. The molecule has 0 bridgehead atoms. The van der Waals surface area contributed by atoms with Crippen LogP contribution >= 0.6 is 0 Å². The van der Waals surface area contributed by atoms with Crippen LogP contribution in [0.2, 0.25) is 0 Å². The smallest absolute Gasteiger partial charge is 0.293 e. The molecule has 0 aromatic carbocycles. The van der Waals surface area contributed by atoms with Gasteiger partial charge in [0.15, 0.2) is 5.82 Å². The number of aromatic nitrogens is 4. The Balaban J connectivity index is 1.54. The van der Waals surface area contributed by atoms with Crippen LogP contribution in [0.4, 0.5) is 5.82 Å². The first-order valence-corrected chi connectivity index (χ1v) is 8.17. The van der Waals surface area contributed by atoms with Crippen molar-refractivity contribution < 1.29 is 4.74 Å². The molecule has 2 aromatic heterocycles. The van der Waals surface area contributed by atoms with E-state index in [9.17, 15) is 4.79 Å². The van der Waals surface area contributed by atoms with Gasteiger partial charge >= 0.3 is 0 Å². The largest absolute Gasteiger partial charge is 0.374 e. The molecule has 0 aliphatic carbocycles. The van der Waals surface area contributed by atoms with Crippen LogP contribution in [0.25, 0.3) is 0 Å². The molecule has 1 saturated heterocycles. The minimum absolute atomic E-state index is 0.0630. The summed E-state index contributed by atoms with van der Waals surface area (Å²) in [5, 5.41) is 4.23. The molecule has 0 amide bonds. The second kappa shape index (κ2) is 7.59. The fraction of sp³-hybridized carbons (Fsp3) is 0.562. The molecule has 0 saturated carbocycles. The van der Waals surface area contributed by atoms with E-state index in [2.05, 4.69) is 15.0 Å². The number of hydrogen-bond donors (Lipinski definition) is 0. The van der Waals surface area contributed by atoms with Gasteiger partial charge < -0.3 is 14.2 Å². The first-order valence-electron chi connectivity index (χ1n) is 8.17. The average molecular weight is 332 g/mol. The van der Waals surface area contributed by atoms with Gasteiger partial charge in [0, 0.05) is 65.1 Å². The number of nitrogens with zero attached hydrogens (tertiary/aromatic N) is 6. The number of hydrogen-bond acceptors (Lipinski definition) is 6. The summed E-state index contributed by atoms with van der Waals surface area (Å²) < 4.78 is 9.34. The zero-order valence-electron chi connectivity index (χ0n) is 14.2. The van der Waals surface area contributed by atoms with Crippen molar-refractivity contribution in [1.29, 1.82) is 0 Å². The molecule has 3 heterocycles. The normalized spacial score (nSPS) is 18.7. The summed E-state index contributed by atoms with van der Waals surface area (Å²) in [5.41, 5.74) is -0.0913. The minimum atomic E-state index is -0.0913. The van der Waals surface area contributed by atoms with Crippen molar-refractivity contribution in [2.24, 2.45) is 7.05 Å². The Hall–Kier alpha value is -2.19. The van der Waals surface area contributed by atoms with E-state index in [1.54, 1.807) is 25.6 Å². The first kappa shape index (κ1) is 16.7. The quantitative estimate of drug-likeness (QED) is 0.731. The summed E-state index contributed by atoms with van der Waals surface area (Å²) in [4.78, 5) is 20.6. The SMILES string of the molecule is CN(C[C@H]1CN(CCn2cccn2)CCO1)c1nccn(C)c1=O. The molecule has 130 valence electrons. The van der Waals surface area contributed by atoms with Crippen molar-refractivity contribution in [2.45, 2.75) is 12.6 Å². The molecule has 2 aromatic rings. The third kappa shape index (κ3) is 4.01. The second-order valence-electron chi connectivity index (χ2n) is 6.11. The van der Waals surface area contributed by atoms with Crippen molar-refractivity contribution in [3.05, 3.63) is 41.2 Å². The molecule has 1 aliphatic heterocycles. The van der Waals surface area contributed by atoms with Crippen molar-refractivity contribution in [3.63, 3.8) is 0 Å². The molecule has 1 fully saturated rings. The molecular weight excluding hydrogens is 308 g/mol. The number of rotatable bonds is 6. The summed E-state index contributed by atoms with van der Waals surface area (Å²) in [6, 6.07) is 1.93. The van der Waals surface area contributed by atoms with Crippen LogP contribution in [-0.4, -0.2) is 70.2 Å². The zero-order valence-corrected chi connectivity index (χ0v) is 14.2. The topological polar surface area (TPSA) is 68.4 Å². The first-order chi connectivity index (χ1) is 11.6. The van der Waals surface area contributed by atoms with Crippen LogP contribution in [0.1, 0.15) is 0 Å². The van der Waals surface area contributed by atoms with E-state index in [-0.39, 0.29) is 11.7 Å². The molecule has 1 aliphatic rings. The van der Waals surface area contributed by atoms with Crippen LogP contribution in [0.5, 0.6) is 0 Å². The molecule has 0 radical (unpaired) electrons. The fourth-order valence-electron chi connectivity index (χ4n) is 2.91. The highest BCUT2D eigenvalue weighted by molar-refractivity contribution is 5.34. The van der Waals surface area contributed by atoms with E-state index < -0.39 is 0 Å². The van der Waals surface area contributed by atoms with Crippen molar-refractivity contribution in [3.8, 4) is 0 Å². The Kier molecular flexibility index (Phi) is 5.27. The van der Waals surface area contributed by atoms with Gasteiger partial charge in [0.05, 0.1) is 19.3 Å².